The molecule has 0 spiro atoms. The van der Waals surface area contributed by atoms with Crippen LogP contribution in [-0.4, -0.2) is 4.98 Å². The first kappa shape index (κ1) is 12.0. The highest BCUT2D eigenvalue weighted by molar-refractivity contribution is 9.08. The first-order valence-electron chi connectivity index (χ1n) is 3.99. The molecular weight excluding hydrogens is 273 g/mol. The Kier molecular flexibility index (Phi) is 4.09. The summed E-state index contributed by atoms with van der Waals surface area (Å²) in [5.41, 5.74) is -0.488. The van der Waals surface area contributed by atoms with Crippen LogP contribution in [-0.2, 0) is 11.8 Å². The maximum Gasteiger partial charge on any atom is 0.268 e. The molecule has 0 aromatic carbocycles. The Morgan fingerprint density at radius 2 is 2.20 bits per heavy atom. The molecule has 1 aromatic heterocycles. The van der Waals surface area contributed by atoms with Crippen LogP contribution >= 0.6 is 15.9 Å². The van der Waals surface area contributed by atoms with E-state index in [0.29, 0.717) is 5.69 Å². The van der Waals surface area contributed by atoms with E-state index in [4.69, 9.17) is 5.26 Å². The lowest BCUT2D eigenvalue weighted by atomic mass is 10.1. The largest absolute Gasteiger partial charge is 0.268 e. The van der Waals surface area contributed by atoms with E-state index in [9.17, 15) is 13.2 Å². The molecule has 6 heteroatoms. The molecule has 1 heterocycles. The molecule has 80 valence electrons. The molecule has 2 nitrogen and oxygen atoms in total. The average molecular weight is 279 g/mol. The molecule has 0 saturated heterocycles. The van der Waals surface area contributed by atoms with Crippen molar-refractivity contribution >= 4 is 15.9 Å². The fourth-order valence-electron chi connectivity index (χ4n) is 1.16. The summed E-state index contributed by atoms with van der Waals surface area (Å²) in [6.07, 6.45) is -3.20. The normalized spacial score (nSPS) is 10.4. The van der Waals surface area contributed by atoms with Crippen LogP contribution < -0.4 is 0 Å². The van der Waals surface area contributed by atoms with Gasteiger partial charge in [-0.1, -0.05) is 15.9 Å². The van der Waals surface area contributed by atoms with Crippen molar-refractivity contribution in [3.8, 4) is 6.07 Å². The van der Waals surface area contributed by atoms with Gasteiger partial charge < -0.3 is 0 Å². The average Bonchev–Trinajstić information content (AvgIpc) is 2.16. The minimum Gasteiger partial charge on any atom is -0.224 e. The molecule has 0 aliphatic carbocycles. The second kappa shape index (κ2) is 5.12. The SMILES string of the molecule is N#CCc1cc(CBr)nc(F)c1C(F)F. The zero-order valence-electron chi connectivity index (χ0n) is 7.48. The standard InChI is InChI=1S/C9H6BrF3N2/c10-4-6-3-5(1-2-14)7(8(11)12)9(13)15-6/h3,8H,1,4H2. The third-order valence-corrected chi connectivity index (χ3v) is 2.35. The zero-order valence-corrected chi connectivity index (χ0v) is 9.06. The molecule has 1 aromatic rings. The van der Waals surface area contributed by atoms with E-state index < -0.39 is 17.9 Å². The van der Waals surface area contributed by atoms with Crippen LogP contribution in [0.25, 0.3) is 0 Å². The van der Waals surface area contributed by atoms with E-state index in [1.54, 1.807) is 6.07 Å². The number of hydrogen-bond acceptors (Lipinski definition) is 2. The van der Waals surface area contributed by atoms with Crippen molar-refractivity contribution in [2.24, 2.45) is 0 Å². The van der Waals surface area contributed by atoms with Gasteiger partial charge in [-0.3, -0.25) is 0 Å². The van der Waals surface area contributed by atoms with Crippen LogP contribution in [0.15, 0.2) is 6.07 Å². The predicted molar refractivity (Wildman–Crippen MR) is 51.1 cm³/mol. The lowest BCUT2D eigenvalue weighted by Crippen LogP contribution is -2.04. The summed E-state index contributed by atoms with van der Waals surface area (Å²) in [4.78, 5) is 3.35. The molecule has 0 radical (unpaired) electrons. The summed E-state index contributed by atoms with van der Waals surface area (Å²) in [7, 11) is 0. The number of alkyl halides is 3. The molecule has 0 bridgehead atoms. The van der Waals surface area contributed by atoms with Crippen LogP contribution in [0.5, 0.6) is 0 Å². The van der Waals surface area contributed by atoms with E-state index in [-0.39, 0.29) is 17.3 Å². The van der Waals surface area contributed by atoms with Gasteiger partial charge in [-0.25, -0.2) is 13.8 Å². The van der Waals surface area contributed by atoms with Crippen molar-refractivity contribution in [2.45, 2.75) is 18.2 Å². The van der Waals surface area contributed by atoms with E-state index in [1.165, 1.54) is 6.07 Å². The van der Waals surface area contributed by atoms with Gasteiger partial charge in [0.25, 0.3) is 6.43 Å². The highest BCUT2D eigenvalue weighted by atomic mass is 79.9. The smallest absolute Gasteiger partial charge is 0.224 e. The Hall–Kier alpha value is -1.09. The first-order chi connectivity index (χ1) is 7.10. The van der Waals surface area contributed by atoms with Crippen molar-refractivity contribution < 1.29 is 13.2 Å². The lowest BCUT2D eigenvalue weighted by Gasteiger charge is -2.08. The molecule has 0 N–H and O–H groups in total. The van der Waals surface area contributed by atoms with Crippen molar-refractivity contribution in [3.05, 3.63) is 28.8 Å². The summed E-state index contributed by atoms with van der Waals surface area (Å²) in [6, 6.07) is 3.02. The van der Waals surface area contributed by atoms with Crippen LogP contribution in [0, 0.1) is 17.3 Å². The maximum absolute atomic E-state index is 13.2. The van der Waals surface area contributed by atoms with E-state index >= 15 is 0 Å². The van der Waals surface area contributed by atoms with Gasteiger partial charge in [0.1, 0.15) is 0 Å². The van der Waals surface area contributed by atoms with Gasteiger partial charge >= 0.3 is 0 Å². The molecule has 0 aliphatic heterocycles. The molecule has 0 aliphatic rings. The molecule has 0 amide bonds. The number of nitriles is 1. The van der Waals surface area contributed by atoms with Crippen LogP contribution in [0.3, 0.4) is 0 Å². The van der Waals surface area contributed by atoms with Gasteiger partial charge in [0.2, 0.25) is 5.95 Å². The fraction of sp³-hybridized carbons (Fsp3) is 0.333. The van der Waals surface area contributed by atoms with Crippen molar-refractivity contribution in [1.29, 1.82) is 5.26 Å². The number of pyridine rings is 1. The minimum absolute atomic E-state index is 0.00514. The van der Waals surface area contributed by atoms with Gasteiger partial charge in [0.15, 0.2) is 0 Å². The second-order valence-electron chi connectivity index (χ2n) is 2.75. The Morgan fingerprint density at radius 3 is 2.67 bits per heavy atom. The van der Waals surface area contributed by atoms with Crippen molar-refractivity contribution in [3.63, 3.8) is 0 Å². The summed E-state index contributed by atoms with van der Waals surface area (Å²) in [5, 5.41) is 8.69. The second-order valence-corrected chi connectivity index (χ2v) is 3.31. The summed E-state index contributed by atoms with van der Waals surface area (Å²) < 4.78 is 38.0. The highest BCUT2D eigenvalue weighted by Crippen LogP contribution is 2.26. The Labute approximate surface area is 92.9 Å². The molecule has 0 atom stereocenters. The summed E-state index contributed by atoms with van der Waals surface area (Å²) >= 11 is 3.04. The van der Waals surface area contributed by atoms with E-state index in [1.807, 2.05) is 0 Å². The van der Waals surface area contributed by atoms with Gasteiger partial charge in [-0.05, 0) is 11.6 Å². The van der Waals surface area contributed by atoms with E-state index in [0.717, 1.165) is 0 Å². The van der Waals surface area contributed by atoms with Crippen molar-refractivity contribution in [2.75, 3.05) is 0 Å². The lowest BCUT2D eigenvalue weighted by molar-refractivity contribution is 0.144. The summed E-state index contributed by atoms with van der Waals surface area (Å²) in [6.45, 7) is 0. The Morgan fingerprint density at radius 1 is 1.53 bits per heavy atom. The number of aromatic nitrogens is 1. The minimum atomic E-state index is -2.95. The Balaban J connectivity index is 3.30. The molecular formula is C9H6BrF3N2. The van der Waals surface area contributed by atoms with Crippen LogP contribution in [0.2, 0.25) is 0 Å². The van der Waals surface area contributed by atoms with Gasteiger partial charge in [0.05, 0.1) is 23.7 Å². The monoisotopic (exact) mass is 278 g/mol. The summed E-state index contributed by atoms with van der Waals surface area (Å²) in [5.74, 6) is -1.20. The first-order valence-corrected chi connectivity index (χ1v) is 5.11. The number of halogens is 4. The number of rotatable bonds is 3. The highest BCUT2D eigenvalue weighted by Gasteiger charge is 2.20. The third kappa shape index (κ3) is 2.69. The Bertz CT molecular complexity index is 401. The molecule has 0 saturated carbocycles. The quantitative estimate of drug-likeness (QED) is 0.629. The van der Waals surface area contributed by atoms with E-state index in [2.05, 4.69) is 20.9 Å². The van der Waals surface area contributed by atoms with Crippen LogP contribution in [0.1, 0.15) is 23.2 Å². The third-order valence-electron chi connectivity index (χ3n) is 1.78. The maximum atomic E-state index is 13.2. The van der Waals surface area contributed by atoms with Gasteiger partial charge in [-0.2, -0.15) is 9.65 Å². The number of nitrogens with zero attached hydrogens (tertiary/aromatic N) is 2. The van der Waals surface area contributed by atoms with Crippen molar-refractivity contribution in [1.82, 2.24) is 4.98 Å². The molecule has 15 heavy (non-hydrogen) atoms. The predicted octanol–water partition coefficient (Wildman–Crippen LogP) is 3.12. The van der Waals surface area contributed by atoms with Gasteiger partial charge in [0, 0.05) is 5.33 Å². The zero-order chi connectivity index (χ0) is 11.4. The molecule has 1 rings (SSSR count). The number of hydrogen-bond donors (Lipinski definition) is 0. The molecule has 0 fully saturated rings. The molecule has 0 unspecified atom stereocenters. The fourth-order valence-corrected chi connectivity index (χ4v) is 1.45. The van der Waals surface area contributed by atoms with Crippen LogP contribution in [0.4, 0.5) is 13.2 Å². The van der Waals surface area contributed by atoms with Gasteiger partial charge in [-0.15, -0.1) is 0 Å². The topological polar surface area (TPSA) is 36.7 Å².